The number of hydrogen-bond donors (Lipinski definition) is 2. The van der Waals surface area contributed by atoms with Crippen LogP contribution in [-0.4, -0.2) is 81.7 Å². The number of nitrogens with one attached hydrogen (secondary N) is 1. The van der Waals surface area contributed by atoms with Crippen molar-refractivity contribution in [1.29, 1.82) is 0 Å². The van der Waals surface area contributed by atoms with E-state index in [0.717, 1.165) is 36.8 Å². The van der Waals surface area contributed by atoms with Crippen LogP contribution < -0.4 is 10.1 Å². The summed E-state index contributed by atoms with van der Waals surface area (Å²) in [5.74, 6) is -0.0869. The number of nitrogens with zero attached hydrogens (tertiary/aromatic N) is 4. The van der Waals surface area contributed by atoms with Crippen LogP contribution in [0.3, 0.4) is 0 Å². The van der Waals surface area contributed by atoms with Crippen molar-refractivity contribution in [1.82, 2.24) is 25.1 Å². The lowest BCUT2D eigenvalue weighted by Gasteiger charge is -2.37. The van der Waals surface area contributed by atoms with Crippen molar-refractivity contribution >= 4 is 11.9 Å². The summed E-state index contributed by atoms with van der Waals surface area (Å²) in [4.78, 5) is 38.2. The largest absolute Gasteiger partial charge is 0.472 e. The zero-order valence-corrected chi connectivity index (χ0v) is 20.7. The number of aliphatic hydroxyl groups is 1. The van der Waals surface area contributed by atoms with E-state index in [-0.39, 0.29) is 48.5 Å². The van der Waals surface area contributed by atoms with Crippen LogP contribution in [0.15, 0.2) is 36.8 Å². The van der Waals surface area contributed by atoms with Crippen molar-refractivity contribution in [3.8, 4) is 17.0 Å². The number of likely N-dealkylation sites (N-methyl/N-ethyl adjacent to an activating group) is 1. The van der Waals surface area contributed by atoms with Crippen LogP contribution in [0.2, 0.25) is 0 Å². The fourth-order valence-electron chi connectivity index (χ4n) is 4.73. The molecule has 9 nitrogen and oxygen atoms in total. The minimum absolute atomic E-state index is 0.0931. The molecule has 0 saturated heterocycles. The monoisotopic (exact) mass is 481 g/mol. The molecule has 4 rings (SSSR count). The predicted octanol–water partition coefficient (Wildman–Crippen LogP) is 2.95. The Morgan fingerprint density at radius 1 is 1.29 bits per heavy atom. The predicted molar refractivity (Wildman–Crippen MR) is 132 cm³/mol. The maximum atomic E-state index is 13.6. The van der Waals surface area contributed by atoms with E-state index in [4.69, 9.17) is 4.74 Å². The van der Waals surface area contributed by atoms with Gasteiger partial charge in [0.1, 0.15) is 11.7 Å². The summed E-state index contributed by atoms with van der Waals surface area (Å²) in [6.45, 7) is 4.41. The van der Waals surface area contributed by atoms with Gasteiger partial charge in [0.25, 0.3) is 5.91 Å². The normalized spacial score (nSPS) is 21.5. The number of fused-ring (bicyclic) bond motifs is 1. The van der Waals surface area contributed by atoms with Crippen molar-refractivity contribution in [2.75, 3.05) is 26.7 Å². The average molecular weight is 482 g/mol. The molecule has 3 atom stereocenters. The first kappa shape index (κ1) is 24.9. The molecule has 188 valence electrons. The number of aromatic nitrogens is 2. The highest BCUT2D eigenvalue weighted by atomic mass is 16.5. The zero-order valence-electron chi connectivity index (χ0n) is 20.7. The second-order valence-corrected chi connectivity index (χ2v) is 9.75. The Balaban J connectivity index is 1.61. The second kappa shape index (κ2) is 11.0. The molecule has 0 radical (unpaired) electrons. The number of rotatable bonds is 6. The van der Waals surface area contributed by atoms with Gasteiger partial charge in [0, 0.05) is 49.7 Å². The molecule has 3 heterocycles. The van der Waals surface area contributed by atoms with E-state index in [1.54, 1.807) is 41.5 Å². The molecule has 1 aliphatic carbocycles. The highest BCUT2D eigenvalue weighted by molar-refractivity contribution is 5.98. The molecular formula is C26H35N5O4. The highest BCUT2D eigenvalue weighted by Crippen LogP contribution is 2.30. The van der Waals surface area contributed by atoms with Crippen LogP contribution in [0.25, 0.3) is 11.1 Å². The van der Waals surface area contributed by atoms with E-state index in [1.165, 1.54) is 0 Å². The highest BCUT2D eigenvalue weighted by Gasteiger charge is 2.35. The summed E-state index contributed by atoms with van der Waals surface area (Å²) in [6, 6.07) is 5.23. The average Bonchev–Trinajstić information content (AvgIpc) is 3.39. The number of hydrogen-bond acceptors (Lipinski definition) is 6. The van der Waals surface area contributed by atoms with Crippen LogP contribution in [-0.2, 0) is 0 Å². The third-order valence-electron chi connectivity index (χ3n) is 7.02. The van der Waals surface area contributed by atoms with Crippen molar-refractivity contribution < 1.29 is 19.4 Å². The fraction of sp³-hybridized carbons (Fsp3) is 0.538. The standard InChI is InChI=1S/C26H35N5O4/c1-17-14-31(18(2)16-32)25(33)22-12-20(19-8-10-27-11-9-19)13-28-24(22)35-23(17)15-30(3)26(34)29-21-6-4-5-7-21/h8-13,17-18,21,23,32H,4-7,14-16H2,1-3H3,(H,29,34)/t17-,18-,23-/m0/s1. The van der Waals surface area contributed by atoms with E-state index in [1.807, 2.05) is 26.0 Å². The van der Waals surface area contributed by atoms with Gasteiger partial charge in [-0.25, -0.2) is 9.78 Å². The number of urea groups is 1. The number of amides is 3. The molecular weight excluding hydrogens is 446 g/mol. The number of aliphatic hydroxyl groups excluding tert-OH is 1. The molecule has 9 heteroatoms. The van der Waals surface area contributed by atoms with Crippen LogP contribution in [0, 0.1) is 5.92 Å². The molecule has 2 N–H and O–H groups in total. The molecule has 35 heavy (non-hydrogen) atoms. The van der Waals surface area contributed by atoms with Gasteiger partial charge in [-0.3, -0.25) is 9.78 Å². The maximum absolute atomic E-state index is 13.6. The van der Waals surface area contributed by atoms with Crippen LogP contribution in [0.1, 0.15) is 49.9 Å². The van der Waals surface area contributed by atoms with E-state index >= 15 is 0 Å². The van der Waals surface area contributed by atoms with Crippen LogP contribution in [0.5, 0.6) is 5.88 Å². The zero-order chi connectivity index (χ0) is 24.9. The third-order valence-corrected chi connectivity index (χ3v) is 7.02. The minimum Gasteiger partial charge on any atom is -0.472 e. The summed E-state index contributed by atoms with van der Waals surface area (Å²) < 4.78 is 6.31. The Morgan fingerprint density at radius 2 is 2.00 bits per heavy atom. The SMILES string of the molecule is C[C@H]1CN([C@@H](C)CO)C(=O)c2cc(-c3ccncc3)cnc2O[C@H]1CN(C)C(=O)NC1CCCC1. The van der Waals surface area contributed by atoms with Gasteiger partial charge in [-0.15, -0.1) is 0 Å². The Morgan fingerprint density at radius 3 is 2.69 bits per heavy atom. The Bertz CT molecular complexity index is 1030. The van der Waals surface area contributed by atoms with Crippen LogP contribution >= 0.6 is 0 Å². The summed E-state index contributed by atoms with van der Waals surface area (Å²) in [7, 11) is 1.76. The number of carbonyl (C=O) groups excluding carboxylic acids is 2. The van der Waals surface area contributed by atoms with E-state index in [2.05, 4.69) is 15.3 Å². The molecule has 1 aliphatic heterocycles. The molecule has 2 aromatic heterocycles. The van der Waals surface area contributed by atoms with Gasteiger partial charge in [-0.1, -0.05) is 19.8 Å². The van der Waals surface area contributed by atoms with Gasteiger partial charge in [-0.2, -0.15) is 0 Å². The molecule has 0 aromatic carbocycles. The van der Waals surface area contributed by atoms with Crippen LogP contribution in [0.4, 0.5) is 4.79 Å². The number of carbonyl (C=O) groups is 2. The van der Waals surface area contributed by atoms with E-state index < -0.39 is 0 Å². The maximum Gasteiger partial charge on any atom is 0.317 e. The van der Waals surface area contributed by atoms with E-state index in [9.17, 15) is 14.7 Å². The lowest BCUT2D eigenvalue weighted by Crippen LogP contribution is -2.52. The van der Waals surface area contributed by atoms with Crippen molar-refractivity contribution in [2.45, 2.75) is 57.7 Å². The van der Waals surface area contributed by atoms with Crippen molar-refractivity contribution in [2.24, 2.45) is 5.92 Å². The van der Waals surface area contributed by atoms with Gasteiger partial charge >= 0.3 is 6.03 Å². The third kappa shape index (κ3) is 5.73. The van der Waals surface area contributed by atoms with Crippen molar-refractivity contribution in [3.05, 3.63) is 42.4 Å². The summed E-state index contributed by atoms with van der Waals surface area (Å²) in [5.41, 5.74) is 2.01. The Labute approximate surface area is 206 Å². The Kier molecular flexibility index (Phi) is 7.85. The first-order chi connectivity index (χ1) is 16.9. The second-order valence-electron chi connectivity index (χ2n) is 9.75. The topological polar surface area (TPSA) is 108 Å². The van der Waals surface area contributed by atoms with Gasteiger partial charge in [0.05, 0.1) is 19.2 Å². The lowest BCUT2D eigenvalue weighted by molar-refractivity contribution is 0.0351. The molecule has 3 amide bonds. The minimum atomic E-state index is -0.381. The van der Waals surface area contributed by atoms with E-state index in [0.29, 0.717) is 18.7 Å². The summed E-state index contributed by atoms with van der Waals surface area (Å²) >= 11 is 0. The summed E-state index contributed by atoms with van der Waals surface area (Å²) in [5, 5.41) is 13.0. The smallest absolute Gasteiger partial charge is 0.317 e. The van der Waals surface area contributed by atoms with Gasteiger partial charge in [0.15, 0.2) is 0 Å². The molecule has 0 unspecified atom stereocenters. The van der Waals surface area contributed by atoms with Crippen molar-refractivity contribution in [3.63, 3.8) is 0 Å². The number of ether oxygens (including phenoxy) is 1. The van der Waals surface area contributed by atoms with Gasteiger partial charge in [0.2, 0.25) is 5.88 Å². The van der Waals surface area contributed by atoms with Gasteiger partial charge < -0.3 is 25.0 Å². The molecule has 2 aliphatic rings. The molecule has 0 spiro atoms. The van der Waals surface area contributed by atoms with Gasteiger partial charge in [-0.05, 0) is 43.5 Å². The molecule has 2 aromatic rings. The lowest BCUT2D eigenvalue weighted by atomic mass is 9.99. The quantitative estimate of drug-likeness (QED) is 0.657. The molecule has 1 saturated carbocycles. The fourth-order valence-corrected chi connectivity index (χ4v) is 4.73. The molecule has 1 fully saturated rings. The summed E-state index contributed by atoms with van der Waals surface area (Å²) in [6.07, 6.45) is 9.01. The first-order valence-electron chi connectivity index (χ1n) is 12.4. The Hall–Kier alpha value is -3.20. The molecule has 0 bridgehead atoms. The number of pyridine rings is 2. The first-order valence-corrected chi connectivity index (χ1v) is 12.4.